The van der Waals surface area contributed by atoms with Crippen LogP contribution in [-0.2, 0) is 18.6 Å². The summed E-state index contributed by atoms with van der Waals surface area (Å²) >= 11 is 0. The zero-order chi connectivity index (χ0) is 12.2. The van der Waals surface area contributed by atoms with E-state index in [1.807, 2.05) is 0 Å². The van der Waals surface area contributed by atoms with Crippen LogP contribution in [0.1, 0.15) is 0 Å². The summed E-state index contributed by atoms with van der Waals surface area (Å²) in [4.78, 5) is 11.1. The first-order valence-electron chi connectivity index (χ1n) is 4.27. The number of carbonyl (C=O) groups is 1. The largest absolute Gasteiger partial charge is 0.375 e. The quantitative estimate of drug-likeness (QED) is 0.829. The Morgan fingerprint density at radius 2 is 2.19 bits per heavy atom. The van der Waals surface area contributed by atoms with Gasteiger partial charge in [-0.05, 0) is 18.2 Å². The maximum Gasteiger partial charge on any atom is 0.261 e. The third-order valence-electron chi connectivity index (χ3n) is 1.67. The third-order valence-corrected chi connectivity index (χ3v) is 3.03. The highest BCUT2D eigenvalue weighted by Crippen LogP contribution is 2.18. The van der Waals surface area contributed by atoms with Crippen LogP contribution in [0.25, 0.3) is 0 Å². The molecule has 7 heteroatoms. The van der Waals surface area contributed by atoms with Crippen molar-refractivity contribution in [2.45, 2.75) is 4.90 Å². The van der Waals surface area contributed by atoms with Gasteiger partial charge in [0.05, 0.1) is 4.90 Å². The number of benzene rings is 1. The molecule has 1 amide bonds. The summed E-state index contributed by atoms with van der Waals surface area (Å²) in [5.41, 5.74) is 0.351. The number of anilines is 1. The van der Waals surface area contributed by atoms with E-state index in [2.05, 4.69) is 10.1 Å². The fraction of sp³-hybridized carbons (Fsp3) is 0.222. The maximum atomic E-state index is 11.2. The third kappa shape index (κ3) is 3.80. The number of ether oxygens (including phenoxy) is 1. The van der Waals surface area contributed by atoms with Crippen molar-refractivity contribution in [3.05, 3.63) is 24.3 Å². The molecule has 0 fully saturated rings. The van der Waals surface area contributed by atoms with Gasteiger partial charge in [0.1, 0.15) is 6.61 Å². The van der Waals surface area contributed by atoms with Crippen LogP contribution in [0.15, 0.2) is 29.2 Å². The first kappa shape index (κ1) is 13.0. The number of nitrogens with one attached hydrogen (secondary N) is 1. The molecule has 88 valence electrons. The molecule has 1 N–H and O–H groups in total. The van der Waals surface area contributed by atoms with Crippen LogP contribution in [0.2, 0.25) is 0 Å². The molecule has 0 saturated heterocycles. The van der Waals surface area contributed by atoms with Gasteiger partial charge in [-0.25, -0.2) is 8.42 Å². The molecule has 0 aliphatic heterocycles. The Kier molecular flexibility index (Phi) is 4.28. The lowest BCUT2D eigenvalue weighted by Crippen LogP contribution is -2.17. The van der Waals surface area contributed by atoms with E-state index in [4.69, 9.17) is 10.7 Å². The smallest absolute Gasteiger partial charge is 0.261 e. The van der Waals surface area contributed by atoms with Gasteiger partial charge in [-0.15, -0.1) is 0 Å². The van der Waals surface area contributed by atoms with Crippen molar-refractivity contribution >= 4 is 31.3 Å². The van der Waals surface area contributed by atoms with Crippen molar-refractivity contribution in [3.63, 3.8) is 0 Å². The van der Waals surface area contributed by atoms with Crippen molar-refractivity contribution in [2.24, 2.45) is 0 Å². The molecule has 0 saturated carbocycles. The van der Waals surface area contributed by atoms with E-state index in [1.54, 1.807) is 6.07 Å². The topological polar surface area (TPSA) is 72.5 Å². The highest BCUT2D eigenvalue weighted by Gasteiger charge is 2.10. The molecule has 16 heavy (non-hydrogen) atoms. The molecule has 0 unspecified atom stereocenters. The minimum atomic E-state index is -3.78. The molecule has 0 radical (unpaired) electrons. The number of halogens is 1. The molecule has 1 rings (SSSR count). The van der Waals surface area contributed by atoms with Crippen LogP contribution in [-0.4, -0.2) is 28.0 Å². The zero-order valence-corrected chi connectivity index (χ0v) is 10.0. The van der Waals surface area contributed by atoms with Gasteiger partial charge in [0, 0.05) is 23.5 Å². The molecule has 0 aromatic heterocycles. The molecule has 0 bridgehead atoms. The molecule has 5 nitrogen and oxygen atoms in total. The summed E-state index contributed by atoms with van der Waals surface area (Å²) < 4.78 is 26.7. The molecule has 1 aromatic rings. The van der Waals surface area contributed by atoms with Gasteiger partial charge in [-0.1, -0.05) is 6.07 Å². The summed E-state index contributed by atoms with van der Waals surface area (Å²) in [7, 11) is 2.77. The second kappa shape index (κ2) is 5.29. The molecule has 0 atom stereocenters. The first-order valence-corrected chi connectivity index (χ1v) is 6.58. The number of rotatable bonds is 4. The molecule has 0 aliphatic rings. The number of methoxy groups -OCH3 is 1. The summed E-state index contributed by atoms with van der Waals surface area (Å²) in [6, 6.07) is 5.65. The molecule has 1 aromatic carbocycles. The minimum Gasteiger partial charge on any atom is -0.375 e. The maximum absolute atomic E-state index is 11.2. The van der Waals surface area contributed by atoms with E-state index in [0.29, 0.717) is 5.69 Å². The Labute approximate surface area is 97.8 Å². The highest BCUT2D eigenvalue weighted by molar-refractivity contribution is 8.13. The highest BCUT2D eigenvalue weighted by atomic mass is 35.7. The van der Waals surface area contributed by atoms with Gasteiger partial charge in [-0.2, -0.15) is 0 Å². The van der Waals surface area contributed by atoms with Crippen molar-refractivity contribution < 1.29 is 17.9 Å². The van der Waals surface area contributed by atoms with E-state index < -0.39 is 9.05 Å². The number of carbonyl (C=O) groups excluding carboxylic acids is 1. The predicted octanol–water partition coefficient (Wildman–Crippen LogP) is 1.20. The monoisotopic (exact) mass is 263 g/mol. The Hall–Kier alpha value is -1.11. The van der Waals surface area contributed by atoms with Gasteiger partial charge in [0.25, 0.3) is 9.05 Å². The molecular weight excluding hydrogens is 254 g/mol. The molecule has 0 aliphatic carbocycles. The van der Waals surface area contributed by atoms with Gasteiger partial charge in [-0.3, -0.25) is 4.79 Å². The van der Waals surface area contributed by atoms with Crippen LogP contribution in [0.3, 0.4) is 0 Å². The van der Waals surface area contributed by atoms with E-state index >= 15 is 0 Å². The summed E-state index contributed by atoms with van der Waals surface area (Å²) in [6.45, 7) is -0.0994. The average molecular weight is 264 g/mol. The van der Waals surface area contributed by atoms with Crippen molar-refractivity contribution in [3.8, 4) is 0 Å². The van der Waals surface area contributed by atoms with Crippen LogP contribution in [0.5, 0.6) is 0 Å². The summed E-state index contributed by atoms with van der Waals surface area (Å²) in [5.74, 6) is -0.369. The lowest BCUT2D eigenvalue weighted by atomic mass is 10.3. The lowest BCUT2D eigenvalue weighted by Gasteiger charge is -2.05. The number of hydrogen-bond acceptors (Lipinski definition) is 4. The van der Waals surface area contributed by atoms with Gasteiger partial charge < -0.3 is 10.1 Å². The normalized spacial score (nSPS) is 11.1. The number of hydrogen-bond donors (Lipinski definition) is 1. The minimum absolute atomic E-state index is 0.0654. The predicted molar refractivity (Wildman–Crippen MR) is 60.0 cm³/mol. The summed E-state index contributed by atoms with van der Waals surface area (Å²) in [6.07, 6.45) is 0. The SMILES string of the molecule is COCC(=O)Nc1cccc(S(=O)(=O)Cl)c1. The zero-order valence-electron chi connectivity index (χ0n) is 8.44. The fourth-order valence-electron chi connectivity index (χ4n) is 1.05. The lowest BCUT2D eigenvalue weighted by molar-refractivity contribution is -0.119. The average Bonchev–Trinajstić information content (AvgIpc) is 2.17. The van der Waals surface area contributed by atoms with Crippen LogP contribution < -0.4 is 5.32 Å². The van der Waals surface area contributed by atoms with E-state index in [9.17, 15) is 13.2 Å². The van der Waals surface area contributed by atoms with Crippen molar-refractivity contribution in [1.82, 2.24) is 0 Å². The standard InChI is InChI=1S/C9H10ClNO4S/c1-15-6-9(12)11-7-3-2-4-8(5-7)16(10,13)14/h2-5H,6H2,1H3,(H,11,12). The Balaban J connectivity index is 2.88. The van der Waals surface area contributed by atoms with E-state index in [0.717, 1.165) is 0 Å². The van der Waals surface area contributed by atoms with Gasteiger partial charge >= 0.3 is 0 Å². The summed E-state index contributed by atoms with van der Waals surface area (Å²) in [5, 5.41) is 2.47. The van der Waals surface area contributed by atoms with Crippen LogP contribution >= 0.6 is 10.7 Å². The second-order valence-corrected chi connectivity index (χ2v) is 5.51. The van der Waals surface area contributed by atoms with Crippen molar-refractivity contribution in [1.29, 1.82) is 0 Å². The number of amides is 1. The van der Waals surface area contributed by atoms with E-state index in [1.165, 1.54) is 25.3 Å². The molecule has 0 heterocycles. The molecular formula is C9H10ClNO4S. The Morgan fingerprint density at radius 3 is 2.75 bits per heavy atom. The fourth-order valence-corrected chi connectivity index (χ4v) is 1.85. The van der Waals surface area contributed by atoms with Crippen LogP contribution in [0.4, 0.5) is 5.69 Å². The molecule has 0 spiro atoms. The Bertz CT molecular complexity index is 486. The second-order valence-electron chi connectivity index (χ2n) is 2.95. The first-order chi connectivity index (χ1) is 7.43. The van der Waals surface area contributed by atoms with Gasteiger partial charge in [0.2, 0.25) is 5.91 Å². The van der Waals surface area contributed by atoms with Crippen LogP contribution in [0, 0.1) is 0 Å². The Morgan fingerprint density at radius 1 is 1.50 bits per heavy atom. The van der Waals surface area contributed by atoms with Crippen molar-refractivity contribution in [2.75, 3.05) is 19.0 Å². The van der Waals surface area contributed by atoms with Gasteiger partial charge in [0.15, 0.2) is 0 Å². The van der Waals surface area contributed by atoms with E-state index in [-0.39, 0.29) is 17.4 Å².